The lowest BCUT2D eigenvalue weighted by atomic mass is 10.1. The topological polar surface area (TPSA) is 21.3 Å². The summed E-state index contributed by atoms with van der Waals surface area (Å²) >= 11 is 2.30. The van der Waals surface area contributed by atoms with Crippen LogP contribution in [0.1, 0.15) is 24.0 Å². The summed E-state index contributed by atoms with van der Waals surface area (Å²) in [5, 5.41) is 3.56. The standard InChI is InChI=1S/C17H18INO/c18-15-6-3-7-17(10-15)20-12-14-5-2-1-4-13(14)11-19-16-8-9-16/h1-7,10,16,19H,8-9,11-12H2. The Morgan fingerprint density at radius 1 is 1.05 bits per heavy atom. The molecule has 2 aromatic rings. The van der Waals surface area contributed by atoms with Crippen molar-refractivity contribution >= 4 is 22.6 Å². The van der Waals surface area contributed by atoms with E-state index in [2.05, 4.69) is 64.3 Å². The second kappa shape index (κ2) is 6.59. The van der Waals surface area contributed by atoms with Gasteiger partial charge in [0, 0.05) is 16.2 Å². The number of ether oxygens (including phenoxy) is 1. The van der Waals surface area contributed by atoms with Gasteiger partial charge in [0.2, 0.25) is 0 Å². The highest BCUT2D eigenvalue weighted by molar-refractivity contribution is 14.1. The largest absolute Gasteiger partial charge is 0.489 e. The Balaban J connectivity index is 1.63. The SMILES string of the molecule is Ic1cccc(OCc2ccccc2CNC2CC2)c1. The smallest absolute Gasteiger partial charge is 0.120 e. The van der Waals surface area contributed by atoms with E-state index in [0.717, 1.165) is 18.3 Å². The molecule has 0 heterocycles. The van der Waals surface area contributed by atoms with E-state index in [1.54, 1.807) is 0 Å². The molecule has 2 nitrogen and oxygen atoms in total. The molecule has 104 valence electrons. The van der Waals surface area contributed by atoms with Crippen molar-refractivity contribution in [2.75, 3.05) is 0 Å². The third-order valence-corrected chi connectivity index (χ3v) is 4.14. The van der Waals surface area contributed by atoms with E-state index in [-0.39, 0.29) is 0 Å². The first-order valence-corrected chi connectivity index (χ1v) is 8.08. The second-order valence-corrected chi connectivity index (χ2v) is 6.42. The minimum atomic E-state index is 0.628. The zero-order valence-electron chi connectivity index (χ0n) is 11.3. The van der Waals surface area contributed by atoms with Crippen LogP contribution in [0.15, 0.2) is 48.5 Å². The first-order valence-electron chi connectivity index (χ1n) is 7.00. The van der Waals surface area contributed by atoms with Crippen molar-refractivity contribution in [2.24, 2.45) is 0 Å². The second-order valence-electron chi connectivity index (χ2n) is 5.17. The minimum absolute atomic E-state index is 0.628. The summed E-state index contributed by atoms with van der Waals surface area (Å²) in [7, 11) is 0. The van der Waals surface area contributed by atoms with Crippen molar-refractivity contribution in [3.8, 4) is 5.75 Å². The molecule has 0 aliphatic heterocycles. The first-order chi connectivity index (χ1) is 9.81. The van der Waals surface area contributed by atoms with E-state index in [0.29, 0.717) is 6.61 Å². The number of benzene rings is 2. The van der Waals surface area contributed by atoms with Crippen LogP contribution in [-0.4, -0.2) is 6.04 Å². The summed E-state index contributed by atoms with van der Waals surface area (Å²) in [6.07, 6.45) is 2.64. The molecule has 1 aliphatic carbocycles. The Morgan fingerprint density at radius 3 is 2.60 bits per heavy atom. The molecule has 1 aliphatic rings. The molecule has 1 saturated carbocycles. The van der Waals surface area contributed by atoms with Crippen LogP contribution in [0, 0.1) is 3.57 Å². The lowest BCUT2D eigenvalue weighted by molar-refractivity contribution is 0.304. The zero-order chi connectivity index (χ0) is 13.8. The molecule has 0 radical (unpaired) electrons. The van der Waals surface area contributed by atoms with Gasteiger partial charge in [0.05, 0.1) is 0 Å². The van der Waals surface area contributed by atoms with E-state index in [1.165, 1.54) is 27.5 Å². The van der Waals surface area contributed by atoms with E-state index in [1.807, 2.05) is 12.1 Å². The van der Waals surface area contributed by atoms with Gasteiger partial charge in [-0.1, -0.05) is 30.3 Å². The van der Waals surface area contributed by atoms with Gasteiger partial charge in [0.1, 0.15) is 12.4 Å². The third kappa shape index (κ3) is 3.96. The minimum Gasteiger partial charge on any atom is -0.489 e. The van der Waals surface area contributed by atoms with Gasteiger partial charge in [0.15, 0.2) is 0 Å². The Bertz CT molecular complexity index is 581. The highest BCUT2D eigenvalue weighted by atomic mass is 127. The molecule has 0 saturated heterocycles. The summed E-state index contributed by atoms with van der Waals surface area (Å²) in [6, 6.07) is 17.4. The fourth-order valence-electron chi connectivity index (χ4n) is 2.13. The summed E-state index contributed by atoms with van der Waals surface area (Å²) in [5.41, 5.74) is 2.60. The maximum atomic E-state index is 5.90. The van der Waals surface area contributed by atoms with Crippen LogP contribution in [0.25, 0.3) is 0 Å². The van der Waals surface area contributed by atoms with Crippen LogP contribution >= 0.6 is 22.6 Å². The molecular formula is C17H18INO. The van der Waals surface area contributed by atoms with Gasteiger partial charge >= 0.3 is 0 Å². The Labute approximate surface area is 133 Å². The van der Waals surface area contributed by atoms with Gasteiger partial charge in [-0.15, -0.1) is 0 Å². The molecule has 1 N–H and O–H groups in total. The predicted octanol–water partition coefficient (Wildman–Crippen LogP) is 4.12. The maximum absolute atomic E-state index is 5.90. The highest BCUT2D eigenvalue weighted by Gasteiger charge is 2.20. The van der Waals surface area contributed by atoms with Gasteiger partial charge < -0.3 is 10.1 Å². The number of halogens is 1. The average Bonchev–Trinajstić information content (AvgIpc) is 3.28. The van der Waals surface area contributed by atoms with Crippen molar-refractivity contribution in [1.29, 1.82) is 0 Å². The first kappa shape index (κ1) is 13.9. The van der Waals surface area contributed by atoms with Crippen molar-refractivity contribution in [3.05, 3.63) is 63.2 Å². The Hall–Kier alpha value is -1.07. The van der Waals surface area contributed by atoms with Crippen molar-refractivity contribution in [1.82, 2.24) is 5.32 Å². The molecular weight excluding hydrogens is 361 g/mol. The Kier molecular flexibility index (Phi) is 4.58. The van der Waals surface area contributed by atoms with Crippen molar-refractivity contribution in [3.63, 3.8) is 0 Å². The highest BCUT2D eigenvalue weighted by Crippen LogP contribution is 2.21. The molecule has 3 heteroatoms. The normalized spacial score (nSPS) is 14.2. The maximum Gasteiger partial charge on any atom is 0.120 e. The quantitative estimate of drug-likeness (QED) is 0.763. The zero-order valence-corrected chi connectivity index (χ0v) is 13.5. The van der Waals surface area contributed by atoms with Crippen molar-refractivity contribution < 1.29 is 4.74 Å². The van der Waals surface area contributed by atoms with Crippen LogP contribution < -0.4 is 10.1 Å². The molecule has 2 aromatic carbocycles. The number of nitrogens with one attached hydrogen (secondary N) is 1. The van der Waals surface area contributed by atoms with Crippen LogP contribution in [0.5, 0.6) is 5.75 Å². The van der Waals surface area contributed by atoms with Gasteiger partial charge in [-0.05, 0) is 64.8 Å². The summed E-state index contributed by atoms with van der Waals surface area (Å²) in [6.45, 7) is 1.57. The van der Waals surface area contributed by atoms with E-state index < -0.39 is 0 Å². The summed E-state index contributed by atoms with van der Waals surface area (Å²) in [5.74, 6) is 0.932. The number of hydrogen-bond acceptors (Lipinski definition) is 2. The van der Waals surface area contributed by atoms with Gasteiger partial charge in [0.25, 0.3) is 0 Å². The Morgan fingerprint density at radius 2 is 1.85 bits per heavy atom. The molecule has 0 amide bonds. The van der Waals surface area contributed by atoms with Crippen LogP contribution in [0.2, 0.25) is 0 Å². The molecule has 0 unspecified atom stereocenters. The van der Waals surface area contributed by atoms with Crippen LogP contribution in [0.3, 0.4) is 0 Å². The summed E-state index contributed by atoms with van der Waals surface area (Å²) < 4.78 is 7.10. The van der Waals surface area contributed by atoms with E-state index >= 15 is 0 Å². The number of rotatable bonds is 6. The fraction of sp³-hybridized carbons (Fsp3) is 0.294. The molecule has 0 spiro atoms. The van der Waals surface area contributed by atoms with Gasteiger partial charge in [-0.2, -0.15) is 0 Å². The lowest BCUT2D eigenvalue weighted by Crippen LogP contribution is -2.16. The third-order valence-electron chi connectivity index (χ3n) is 3.47. The van der Waals surface area contributed by atoms with Gasteiger partial charge in [-0.25, -0.2) is 0 Å². The fourth-order valence-corrected chi connectivity index (χ4v) is 2.64. The number of hydrogen-bond donors (Lipinski definition) is 1. The summed E-state index contributed by atoms with van der Waals surface area (Å²) in [4.78, 5) is 0. The van der Waals surface area contributed by atoms with Crippen LogP contribution in [0.4, 0.5) is 0 Å². The molecule has 20 heavy (non-hydrogen) atoms. The molecule has 0 atom stereocenters. The molecule has 0 bridgehead atoms. The van der Waals surface area contributed by atoms with E-state index in [9.17, 15) is 0 Å². The molecule has 3 rings (SSSR count). The molecule has 0 aromatic heterocycles. The van der Waals surface area contributed by atoms with E-state index in [4.69, 9.17) is 4.74 Å². The average molecular weight is 379 g/mol. The molecule has 1 fully saturated rings. The van der Waals surface area contributed by atoms with Crippen LogP contribution in [-0.2, 0) is 13.2 Å². The predicted molar refractivity (Wildman–Crippen MR) is 89.8 cm³/mol. The monoisotopic (exact) mass is 379 g/mol. The van der Waals surface area contributed by atoms with Crippen molar-refractivity contribution in [2.45, 2.75) is 32.0 Å². The lowest BCUT2D eigenvalue weighted by Gasteiger charge is -2.12. The van der Waals surface area contributed by atoms with Gasteiger partial charge in [-0.3, -0.25) is 0 Å².